The Balaban J connectivity index is 1.61. The summed E-state index contributed by atoms with van der Waals surface area (Å²) in [6, 6.07) is 14.6. The Morgan fingerprint density at radius 1 is 0.964 bits per heavy atom. The lowest BCUT2D eigenvalue weighted by Gasteiger charge is -2.36. The number of hydrogen-bond acceptors (Lipinski definition) is 5. The number of methoxy groups -OCH3 is 1. The minimum Gasteiger partial charge on any atom is -0.497 e. The highest BCUT2D eigenvalue weighted by atomic mass is 32.2. The Morgan fingerprint density at radius 2 is 1.54 bits per heavy atom. The first-order chi connectivity index (χ1) is 13.3. The van der Waals surface area contributed by atoms with E-state index in [-0.39, 0.29) is 5.91 Å². The van der Waals surface area contributed by atoms with E-state index < -0.39 is 10.0 Å². The predicted octanol–water partition coefficient (Wildman–Crippen LogP) is 2.05. The molecule has 1 aliphatic rings. The molecule has 0 N–H and O–H groups in total. The largest absolute Gasteiger partial charge is 0.497 e. The highest BCUT2D eigenvalue weighted by Crippen LogP contribution is 2.22. The van der Waals surface area contributed by atoms with Crippen molar-refractivity contribution in [3.05, 3.63) is 54.1 Å². The van der Waals surface area contributed by atoms with Gasteiger partial charge in [-0.25, -0.2) is 8.42 Å². The number of rotatable bonds is 5. The third kappa shape index (κ3) is 4.39. The van der Waals surface area contributed by atoms with Gasteiger partial charge in [0.2, 0.25) is 10.0 Å². The molecule has 3 rings (SSSR count). The molecule has 1 fully saturated rings. The van der Waals surface area contributed by atoms with E-state index in [1.165, 1.54) is 11.4 Å². The average molecular weight is 404 g/mol. The average Bonchev–Trinajstić information content (AvgIpc) is 2.72. The van der Waals surface area contributed by atoms with Gasteiger partial charge in [-0.2, -0.15) is 0 Å². The SMILES string of the molecule is COc1ccc(N2CCN(C(=O)c3ccc(N(C)S(C)(=O)=O)cc3)CC2)cc1. The summed E-state index contributed by atoms with van der Waals surface area (Å²) in [5, 5.41) is 0. The van der Waals surface area contributed by atoms with Crippen LogP contribution in [0.1, 0.15) is 10.4 Å². The maximum Gasteiger partial charge on any atom is 0.253 e. The van der Waals surface area contributed by atoms with Gasteiger partial charge in [0.05, 0.1) is 19.1 Å². The summed E-state index contributed by atoms with van der Waals surface area (Å²) in [6.45, 7) is 2.78. The smallest absolute Gasteiger partial charge is 0.253 e. The van der Waals surface area contributed by atoms with Gasteiger partial charge in [-0.3, -0.25) is 9.10 Å². The highest BCUT2D eigenvalue weighted by molar-refractivity contribution is 7.92. The molecule has 0 spiro atoms. The van der Waals surface area contributed by atoms with Crippen LogP contribution in [0.15, 0.2) is 48.5 Å². The van der Waals surface area contributed by atoms with Crippen molar-refractivity contribution in [2.45, 2.75) is 0 Å². The zero-order valence-electron chi connectivity index (χ0n) is 16.3. The van der Waals surface area contributed by atoms with Gasteiger partial charge in [-0.15, -0.1) is 0 Å². The van der Waals surface area contributed by atoms with Crippen LogP contribution in [0.25, 0.3) is 0 Å². The molecule has 0 bridgehead atoms. The summed E-state index contributed by atoms with van der Waals surface area (Å²) < 4.78 is 29.6. The van der Waals surface area contributed by atoms with Crippen molar-refractivity contribution in [1.82, 2.24) is 4.90 Å². The molecular formula is C20H25N3O4S. The van der Waals surface area contributed by atoms with Crippen molar-refractivity contribution in [2.24, 2.45) is 0 Å². The lowest BCUT2D eigenvalue weighted by Crippen LogP contribution is -2.48. The maximum absolute atomic E-state index is 12.8. The summed E-state index contributed by atoms with van der Waals surface area (Å²) in [5.74, 6) is 0.783. The second-order valence-corrected chi connectivity index (χ2v) is 8.77. The fourth-order valence-corrected chi connectivity index (χ4v) is 3.65. The van der Waals surface area contributed by atoms with Crippen molar-refractivity contribution in [2.75, 3.05) is 55.8 Å². The number of nitrogens with zero attached hydrogens (tertiary/aromatic N) is 3. The van der Waals surface area contributed by atoms with Crippen molar-refractivity contribution in [1.29, 1.82) is 0 Å². The van der Waals surface area contributed by atoms with Gasteiger partial charge < -0.3 is 14.5 Å². The molecule has 0 saturated carbocycles. The second kappa shape index (κ2) is 8.10. The van der Waals surface area contributed by atoms with E-state index in [1.54, 1.807) is 31.4 Å². The van der Waals surface area contributed by atoms with Crippen LogP contribution >= 0.6 is 0 Å². The molecule has 2 aromatic carbocycles. The van der Waals surface area contributed by atoms with Gasteiger partial charge in [-0.1, -0.05) is 0 Å². The Kier molecular flexibility index (Phi) is 5.79. The molecule has 1 saturated heterocycles. The first-order valence-corrected chi connectivity index (χ1v) is 10.9. The van der Waals surface area contributed by atoms with E-state index in [0.29, 0.717) is 24.3 Å². The number of carbonyl (C=O) groups excluding carboxylic acids is 1. The standard InChI is InChI=1S/C20H25N3O4S/c1-21(28(3,25)26)17-6-4-16(5-7-17)20(24)23-14-12-22(13-15-23)18-8-10-19(27-2)11-9-18/h4-11H,12-15H2,1-3H3. The number of hydrogen-bond donors (Lipinski definition) is 0. The second-order valence-electron chi connectivity index (χ2n) is 6.75. The molecule has 7 nitrogen and oxygen atoms in total. The number of benzene rings is 2. The summed E-state index contributed by atoms with van der Waals surface area (Å²) in [7, 11) is -0.187. The molecule has 2 aromatic rings. The topological polar surface area (TPSA) is 70.2 Å². The summed E-state index contributed by atoms with van der Waals surface area (Å²) in [5.41, 5.74) is 2.20. The molecule has 8 heteroatoms. The van der Waals surface area contributed by atoms with Crippen LogP contribution in [0.2, 0.25) is 0 Å². The van der Waals surface area contributed by atoms with Gasteiger partial charge in [0.15, 0.2) is 0 Å². The normalized spacial score (nSPS) is 14.7. The maximum atomic E-state index is 12.8. The summed E-state index contributed by atoms with van der Waals surface area (Å²) in [4.78, 5) is 16.8. The zero-order valence-corrected chi connectivity index (χ0v) is 17.1. The zero-order chi connectivity index (χ0) is 20.3. The van der Waals surface area contributed by atoms with Gasteiger partial charge in [-0.05, 0) is 48.5 Å². The lowest BCUT2D eigenvalue weighted by atomic mass is 10.1. The Morgan fingerprint density at radius 3 is 2.04 bits per heavy atom. The number of carbonyl (C=O) groups is 1. The highest BCUT2D eigenvalue weighted by Gasteiger charge is 2.22. The van der Waals surface area contributed by atoms with Crippen molar-refractivity contribution >= 4 is 27.3 Å². The van der Waals surface area contributed by atoms with Crippen LogP contribution < -0.4 is 13.9 Å². The number of sulfonamides is 1. The van der Waals surface area contributed by atoms with E-state index in [0.717, 1.165) is 30.8 Å². The van der Waals surface area contributed by atoms with Crippen LogP contribution in [0.4, 0.5) is 11.4 Å². The third-order valence-corrected chi connectivity index (χ3v) is 6.19. The fraction of sp³-hybridized carbons (Fsp3) is 0.350. The molecule has 1 amide bonds. The van der Waals surface area contributed by atoms with Crippen molar-refractivity contribution in [3.8, 4) is 5.75 Å². The van der Waals surface area contributed by atoms with E-state index in [4.69, 9.17) is 4.74 Å². The van der Waals surface area contributed by atoms with Gasteiger partial charge in [0.25, 0.3) is 5.91 Å². The summed E-state index contributed by atoms with van der Waals surface area (Å²) >= 11 is 0. The van der Waals surface area contributed by atoms with Gasteiger partial charge in [0, 0.05) is 44.5 Å². The van der Waals surface area contributed by atoms with Gasteiger partial charge in [0.1, 0.15) is 5.75 Å². The molecule has 0 radical (unpaired) electrons. The third-order valence-electron chi connectivity index (χ3n) is 4.98. The monoisotopic (exact) mass is 403 g/mol. The Hall–Kier alpha value is -2.74. The van der Waals surface area contributed by atoms with E-state index >= 15 is 0 Å². The Labute approximate surface area is 166 Å². The number of ether oxygens (including phenoxy) is 1. The van der Waals surface area contributed by atoms with Gasteiger partial charge >= 0.3 is 0 Å². The molecular weight excluding hydrogens is 378 g/mol. The number of anilines is 2. The minimum absolute atomic E-state index is 0.0389. The van der Waals surface area contributed by atoms with Crippen LogP contribution in [0.5, 0.6) is 5.75 Å². The van der Waals surface area contributed by atoms with E-state index in [1.807, 2.05) is 29.2 Å². The molecule has 0 unspecified atom stereocenters. The van der Waals surface area contributed by atoms with Crippen LogP contribution in [0.3, 0.4) is 0 Å². The summed E-state index contributed by atoms with van der Waals surface area (Å²) in [6.07, 6.45) is 1.15. The quantitative estimate of drug-likeness (QED) is 0.764. The molecule has 0 aromatic heterocycles. The predicted molar refractivity (Wildman–Crippen MR) is 111 cm³/mol. The lowest BCUT2D eigenvalue weighted by molar-refractivity contribution is 0.0747. The van der Waals surface area contributed by atoms with Crippen LogP contribution in [0, 0.1) is 0 Å². The molecule has 1 aliphatic heterocycles. The molecule has 0 aliphatic carbocycles. The number of amides is 1. The van der Waals surface area contributed by atoms with E-state index in [9.17, 15) is 13.2 Å². The van der Waals surface area contributed by atoms with Crippen LogP contribution in [-0.4, -0.2) is 65.8 Å². The minimum atomic E-state index is -3.32. The molecule has 0 atom stereocenters. The first-order valence-electron chi connectivity index (χ1n) is 9.02. The van der Waals surface area contributed by atoms with Crippen molar-refractivity contribution in [3.63, 3.8) is 0 Å². The fourth-order valence-electron chi connectivity index (χ4n) is 3.15. The van der Waals surface area contributed by atoms with Crippen LogP contribution in [-0.2, 0) is 10.0 Å². The van der Waals surface area contributed by atoms with Crippen molar-refractivity contribution < 1.29 is 17.9 Å². The molecule has 1 heterocycles. The molecule has 28 heavy (non-hydrogen) atoms. The van der Waals surface area contributed by atoms with E-state index in [2.05, 4.69) is 4.90 Å². The Bertz CT molecular complexity index is 919. The first kappa shape index (κ1) is 20.0. The number of piperazine rings is 1. The molecule has 150 valence electrons.